The van der Waals surface area contributed by atoms with Crippen molar-refractivity contribution >= 4 is 21.6 Å². The van der Waals surface area contributed by atoms with Crippen molar-refractivity contribution in [2.45, 2.75) is 25.2 Å². The molecular formula is C9H14ClN3O3S. The zero-order valence-electron chi connectivity index (χ0n) is 9.50. The van der Waals surface area contributed by atoms with Crippen molar-refractivity contribution in [3.8, 4) is 0 Å². The van der Waals surface area contributed by atoms with Gasteiger partial charge in [0.1, 0.15) is 11.4 Å². The van der Waals surface area contributed by atoms with Crippen molar-refractivity contribution in [2.24, 2.45) is 5.14 Å². The molecule has 0 bridgehead atoms. The van der Waals surface area contributed by atoms with Gasteiger partial charge in [0.05, 0.1) is 5.02 Å². The summed E-state index contributed by atoms with van der Waals surface area (Å²) in [7, 11) is -3.72. The SMILES string of the molecule is CCO[C@@H](c1ncc(Cl)cn1)[C@H](C)S(N)(=O)=O. The van der Waals surface area contributed by atoms with E-state index < -0.39 is 21.4 Å². The van der Waals surface area contributed by atoms with Gasteiger partial charge >= 0.3 is 0 Å². The Kier molecular flexibility index (Phi) is 4.81. The standard InChI is InChI=1S/C9H14ClN3O3S/c1-3-16-8(6(2)17(11,14)15)9-12-4-7(10)5-13-9/h4-6,8H,3H2,1-2H3,(H2,11,14,15)/t6-,8+/m0/s1. The first-order valence-electron chi connectivity index (χ1n) is 4.97. The summed E-state index contributed by atoms with van der Waals surface area (Å²) in [6.45, 7) is 3.53. The summed E-state index contributed by atoms with van der Waals surface area (Å²) in [6, 6.07) is 0. The molecule has 96 valence electrons. The average Bonchev–Trinajstić information content (AvgIpc) is 2.25. The smallest absolute Gasteiger partial charge is 0.214 e. The van der Waals surface area contributed by atoms with Crippen LogP contribution in [0, 0.1) is 0 Å². The van der Waals surface area contributed by atoms with Gasteiger partial charge in [-0.25, -0.2) is 23.5 Å². The summed E-state index contributed by atoms with van der Waals surface area (Å²) in [5.74, 6) is 0.248. The van der Waals surface area contributed by atoms with Gasteiger partial charge in [-0.15, -0.1) is 0 Å². The van der Waals surface area contributed by atoms with Crippen LogP contribution in [0.3, 0.4) is 0 Å². The molecule has 0 aromatic carbocycles. The fourth-order valence-corrected chi connectivity index (χ4v) is 1.88. The lowest BCUT2D eigenvalue weighted by Crippen LogP contribution is -2.33. The van der Waals surface area contributed by atoms with Gasteiger partial charge in [0, 0.05) is 19.0 Å². The largest absolute Gasteiger partial charge is 0.369 e. The third-order valence-electron chi connectivity index (χ3n) is 2.19. The van der Waals surface area contributed by atoms with E-state index in [1.807, 2.05) is 0 Å². The van der Waals surface area contributed by atoms with E-state index in [0.29, 0.717) is 11.6 Å². The summed E-state index contributed by atoms with van der Waals surface area (Å²) in [4.78, 5) is 7.89. The molecule has 0 aliphatic rings. The highest BCUT2D eigenvalue weighted by Crippen LogP contribution is 2.22. The van der Waals surface area contributed by atoms with Crippen molar-refractivity contribution in [3.63, 3.8) is 0 Å². The maximum atomic E-state index is 11.3. The molecule has 2 N–H and O–H groups in total. The second-order valence-electron chi connectivity index (χ2n) is 3.43. The molecule has 17 heavy (non-hydrogen) atoms. The normalized spacial score (nSPS) is 15.5. The molecule has 0 saturated heterocycles. The zero-order chi connectivity index (χ0) is 13.1. The van der Waals surface area contributed by atoms with E-state index in [1.165, 1.54) is 19.3 Å². The molecule has 0 unspecified atom stereocenters. The number of aromatic nitrogens is 2. The number of halogens is 1. The zero-order valence-corrected chi connectivity index (χ0v) is 11.1. The van der Waals surface area contributed by atoms with Gasteiger partial charge in [-0.1, -0.05) is 11.6 Å². The molecule has 1 aromatic rings. The summed E-state index contributed by atoms with van der Waals surface area (Å²) in [5, 5.41) is 4.53. The summed E-state index contributed by atoms with van der Waals surface area (Å²) in [6.07, 6.45) is 1.96. The number of hydrogen-bond acceptors (Lipinski definition) is 5. The molecule has 0 saturated carbocycles. The minimum atomic E-state index is -3.72. The van der Waals surface area contributed by atoms with Crippen LogP contribution in [0.5, 0.6) is 0 Å². The number of primary sulfonamides is 1. The van der Waals surface area contributed by atoms with Crippen molar-refractivity contribution in [1.29, 1.82) is 0 Å². The molecule has 0 aliphatic carbocycles. The Hall–Kier alpha value is -0.760. The van der Waals surface area contributed by atoms with E-state index in [0.717, 1.165) is 0 Å². The maximum absolute atomic E-state index is 11.3. The van der Waals surface area contributed by atoms with Gasteiger partial charge in [0.2, 0.25) is 10.0 Å². The van der Waals surface area contributed by atoms with Crippen LogP contribution in [-0.4, -0.2) is 30.2 Å². The Morgan fingerprint density at radius 1 is 1.47 bits per heavy atom. The van der Waals surface area contributed by atoms with E-state index in [2.05, 4.69) is 9.97 Å². The number of nitrogens with zero attached hydrogens (tertiary/aromatic N) is 2. The Bertz CT molecular complexity index is 463. The molecule has 0 aliphatic heterocycles. The van der Waals surface area contributed by atoms with Gasteiger partial charge in [0.15, 0.2) is 5.82 Å². The van der Waals surface area contributed by atoms with Crippen molar-refractivity contribution < 1.29 is 13.2 Å². The number of rotatable bonds is 5. The minimum absolute atomic E-state index is 0.248. The van der Waals surface area contributed by atoms with E-state index >= 15 is 0 Å². The molecular weight excluding hydrogens is 266 g/mol. The molecule has 0 fully saturated rings. The fourth-order valence-electron chi connectivity index (χ4n) is 1.24. The first kappa shape index (κ1) is 14.3. The highest BCUT2D eigenvalue weighted by Gasteiger charge is 2.30. The lowest BCUT2D eigenvalue weighted by molar-refractivity contribution is 0.0557. The Morgan fingerprint density at radius 2 is 2.00 bits per heavy atom. The quantitative estimate of drug-likeness (QED) is 0.863. The predicted molar refractivity (Wildman–Crippen MR) is 64.0 cm³/mol. The molecule has 1 rings (SSSR count). The lowest BCUT2D eigenvalue weighted by Gasteiger charge is -2.20. The summed E-state index contributed by atoms with van der Waals surface area (Å²) < 4.78 is 27.9. The van der Waals surface area contributed by atoms with Gasteiger partial charge < -0.3 is 4.74 Å². The van der Waals surface area contributed by atoms with Crippen LogP contribution in [0.25, 0.3) is 0 Å². The Morgan fingerprint density at radius 3 is 2.41 bits per heavy atom. The minimum Gasteiger partial charge on any atom is -0.369 e. The van der Waals surface area contributed by atoms with E-state index in [4.69, 9.17) is 21.5 Å². The van der Waals surface area contributed by atoms with Crippen LogP contribution in [0.2, 0.25) is 5.02 Å². The van der Waals surface area contributed by atoms with Crippen molar-refractivity contribution in [1.82, 2.24) is 9.97 Å². The topological polar surface area (TPSA) is 95.2 Å². The Labute approximate surface area is 105 Å². The summed E-state index contributed by atoms with van der Waals surface area (Å²) >= 11 is 5.65. The van der Waals surface area contributed by atoms with E-state index in [9.17, 15) is 8.42 Å². The number of nitrogens with two attached hydrogens (primary N) is 1. The molecule has 0 radical (unpaired) electrons. The van der Waals surface area contributed by atoms with Crippen LogP contribution in [0.1, 0.15) is 25.8 Å². The average molecular weight is 280 g/mol. The second kappa shape index (κ2) is 5.72. The van der Waals surface area contributed by atoms with Gasteiger partial charge in [-0.05, 0) is 13.8 Å². The molecule has 0 amide bonds. The van der Waals surface area contributed by atoms with Crippen molar-refractivity contribution in [3.05, 3.63) is 23.2 Å². The predicted octanol–water partition coefficient (Wildman–Crippen LogP) is 0.885. The van der Waals surface area contributed by atoms with E-state index in [1.54, 1.807) is 6.92 Å². The number of hydrogen-bond donors (Lipinski definition) is 1. The molecule has 8 heteroatoms. The van der Waals surface area contributed by atoms with Crippen LogP contribution in [-0.2, 0) is 14.8 Å². The fraction of sp³-hybridized carbons (Fsp3) is 0.556. The van der Waals surface area contributed by atoms with Crippen LogP contribution in [0.15, 0.2) is 12.4 Å². The van der Waals surface area contributed by atoms with Crippen LogP contribution >= 0.6 is 11.6 Å². The van der Waals surface area contributed by atoms with Crippen LogP contribution in [0.4, 0.5) is 0 Å². The van der Waals surface area contributed by atoms with Crippen LogP contribution < -0.4 is 5.14 Å². The third kappa shape index (κ3) is 3.88. The number of ether oxygens (including phenoxy) is 1. The monoisotopic (exact) mass is 279 g/mol. The maximum Gasteiger partial charge on any atom is 0.214 e. The van der Waals surface area contributed by atoms with Gasteiger partial charge in [-0.2, -0.15) is 0 Å². The van der Waals surface area contributed by atoms with Gasteiger partial charge in [-0.3, -0.25) is 0 Å². The molecule has 6 nitrogen and oxygen atoms in total. The second-order valence-corrected chi connectivity index (χ2v) is 5.79. The first-order valence-corrected chi connectivity index (χ1v) is 6.95. The molecule has 1 heterocycles. The third-order valence-corrected chi connectivity index (χ3v) is 3.66. The first-order chi connectivity index (χ1) is 7.86. The number of sulfonamides is 1. The molecule has 0 spiro atoms. The van der Waals surface area contributed by atoms with E-state index in [-0.39, 0.29) is 5.82 Å². The Balaban J connectivity index is 3.05. The van der Waals surface area contributed by atoms with Crippen molar-refractivity contribution in [2.75, 3.05) is 6.61 Å². The summed E-state index contributed by atoms with van der Waals surface area (Å²) in [5.41, 5.74) is 0. The molecule has 1 aromatic heterocycles. The highest BCUT2D eigenvalue weighted by atomic mass is 35.5. The highest BCUT2D eigenvalue weighted by molar-refractivity contribution is 7.89. The molecule has 2 atom stereocenters. The lowest BCUT2D eigenvalue weighted by atomic mass is 10.2. The van der Waals surface area contributed by atoms with Gasteiger partial charge in [0.25, 0.3) is 0 Å².